The van der Waals surface area contributed by atoms with E-state index in [4.69, 9.17) is 16.3 Å². The number of sulfonamides is 1. The Kier molecular flexibility index (Phi) is 7.69. The topological polar surface area (TPSA) is 92.8 Å². The number of nitrogens with one attached hydrogen (secondary N) is 1. The molecule has 166 valence electrons. The number of benzene rings is 2. The predicted molar refractivity (Wildman–Crippen MR) is 118 cm³/mol. The Hall–Kier alpha value is -2.42. The molecule has 0 atom stereocenters. The summed E-state index contributed by atoms with van der Waals surface area (Å²) in [6, 6.07) is 11.3. The highest BCUT2D eigenvalue weighted by molar-refractivity contribution is 7.89. The number of ketones is 1. The summed E-state index contributed by atoms with van der Waals surface area (Å²) in [5.74, 6) is -0.0899. The molecule has 1 aliphatic heterocycles. The van der Waals surface area contributed by atoms with E-state index >= 15 is 0 Å². The third-order valence-electron chi connectivity index (χ3n) is 5.16. The number of rotatable bonds is 9. The Bertz CT molecular complexity index is 1050. The number of halogens is 1. The SMILES string of the molecule is COc1ccc(Cl)cc1C(=O)CCC(=O)NCc1ccc(S(=O)(=O)N2CCCC2)cc1. The van der Waals surface area contributed by atoms with Crippen molar-refractivity contribution in [2.24, 2.45) is 0 Å². The van der Waals surface area contributed by atoms with Crippen molar-refractivity contribution in [1.29, 1.82) is 0 Å². The summed E-state index contributed by atoms with van der Waals surface area (Å²) >= 11 is 5.95. The second-order valence-corrected chi connectivity index (χ2v) is 9.67. The average Bonchev–Trinajstić information content (AvgIpc) is 3.32. The molecule has 1 fully saturated rings. The zero-order valence-electron chi connectivity index (χ0n) is 17.3. The first-order valence-corrected chi connectivity index (χ1v) is 11.9. The molecule has 31 heavy (non-hydrogen) atoms. The maximum Gasteiger partial charge on any atom is 0.243 e. The van der Waals surface area contributed by atoms with Gasteiger partial charge in [0.25, 0.3) is 0 Å². The van der Waals surface area contributed by atoms with E-state index in [1.807, 2.05) is 0 Å². The molecule has 0 spiro atoms. The van der Waals surface area contributed by atoms with Gasteiger partial charge in [-0.25, -0.2) is 8.42 Å². The number of carbonyl (C=O) groups is 2. The molecule has 9 heteroatoms. The van der Waals surface area contributed by atoms with E-state index < -0.39 is 10.0 Å². The minimum absolute atomic E-state index is 0.0234. The lowest BCUT2D eigenvalue weighted by molar-refractivity contribution is -0.121. The first-order chi connectivity index (χ1) is 14.8. The molecule has 1 N–H and O–H groups in total. The minimum Gasteiger partial charge on any atom is -0.496 e. The summed E-state index contributed by atoms with van der Waals surface area (Å²) in [4.78, 5) is 24.8. The Morgan fingerprint density at radius 2 is 1.74 bits per heavy atom. The Morgan fingerprint density at radius 1 is 1.06 bits per heavy atom. The normalized spacial score (nSPS) is 14.4. The first kappa shape index (κ1) is 23.2. The lowest BCUT2D eigenvalue weighted by atomic mass is 10.1. The summed E-state index contributed by atoms with van der Waals surface area (Å²) in [7, 11) is -1.98. The van der Waals surface area contributed by atoms with Gasteiger partial charge >= 0.3 is 0 Å². The lowest BCUT2D eigenvalue weighted by Gasteiger charge is -2.15. The molecule has 1 aliphatic rings. The average molecular weight is 465 g/mol. The fourth-order valence-electron chi connectivity index (χ4n) is 3.41. The second kappa shape index (κ2) is 10.3. The number of methoxy groups -OCH3 is 1. The molecule has 7 nitrogen and oxygen atoms in total. The molecule has 0 aromatic heterocycles. The van der Waals surface area contributed by atoms with Gasteiger partial charge in [0.05, 0.1) is 17.6 Å². The first-order valence-electron chi connectivity index (χ1n) is 10.0. The molecule has 1 heterocycles. The largest absolute Gasteiger partial charge is 0.496 e. The number of hydrogen-bond acceptors (Lipinski definition) is 5. The van der Waals surface area contributed by atoms with Crippen LogP contribution in [0.25, 0.3) is 0 Å². The number of carbonyl (C=O) groups excluding carboxylic acids is 2. The number of amides is 1. The van der Waals surface area contributed by atoms with E-state index in [2.05, 4.69) is 5.32 Å². The Balaban J connectivity index is 1.51. The fourth-order valence-corrected chi connectivity index (χ4v) is 5.09. The van der Waals surface area contributed by atoms with Crippen molar-refractivity contribution < 1.29 is 22.7 Å². The molecule has 0 radical (unpaired) electrons. The van der Waals surface area contributed by atoms with Gasteiger partial charge in [-0.15, -0.1) is 0 Å². The number of ether oxygens (including phenoxy) is 1. The van der Waals surface area contributed by atoms with Crippen molar-refractivity contribution in [2.75, 3.05) is 20.2 Å². The maximum absolute atomic E-state index is 12.6. The fraction of sp³-hybridized carbons (Fsp3) is 0.364. The highest BCUT2D eigenvalue weighted by atomic mass is 35.5. The van der Waals surface area contributed by atoms with Crippen LogP contribution < -0.4 is 10.1 Å². The zero-order valence-corrected chi connectivity index (χ0v) is 18.8. The van der Waals surface area contributed by atoms with Crippen LogP contribution >= 0.6 is 11.6 Å². The van der Waals surface area contributed by atoms with Gasteiger partial charge in [-0.05, 0) is 48.7 Å². The van der Waals surface area contributed by atoms with Crippen molar-refractivity contribution >= 4 is 33.3 Å². The number of Topliss-reactive ketones (excluding diaryl/α,β-unsaturated/α-hetero) is 1. The van der Waals surface area contributed by atoms with Crippen LogP contribution in [-0.2, 0) is 21.4 Å². The van der Waals surface area contributed by atoms with Crippen molar-refractivity contribution in [3.05, 3.63) is 58.6 Å². The quantitative estimate of drug-likeness (QED) is 0.574. The van der Waals surface area contributed by atoms with Gasteiger partial charge in [0.15, 0.2) is 5.78 Å². The van der Waals surface area contributed by atoms with Crippen LogP contribution in [0.4, 0.5) is 0 Å². The van der Waals surface area contributed by atoms with Crippen molar-refractivity contribution in [3.63, 3.8) is 0 Å². The number of hydrogen-bond donors (Lipinski definition) is 1. The van der Waals surface area contributed by atoms with Crippen molar-refractivity contribution in [3.8, 4) is 5.75 Å². The zero-order chi connectivity index (χ0) is 22.4. The molecular formula is C22H25ClN2O5S. The summed E-state index contributed by atoms with van der Waals surface area (Å²) in [5.41, 5.74) is 1.12. The molecule has 1 amide bonds. The summed E-state index contributed by atoms with van der Waals surface area (Å²) in [6.07, 6.45) is 1.82. The van der Waals surface area contributed by atoms with Crippen LogP contribution in [0.3, 0.4) is 0 Å². The second-order valence-electron chi connectivity index (χ2n) is 7.30. The molecule has 0 bridgehead atoms. The van der Waals surface area contributed by atoms with Crippen molar-refractivity contribution in [1.82, 2.24) is 9.62 Å². The van der Waals surface area contributed by atoms with Crippen LogP contribution in [0.15, 0.2) is 47.4 Å². The van der Waals surface area contributed by atoms with Gasteiger partial charge in [0, 0.05) is 37.5 Å². The highest BCUT2D eigenvalue weighted by Gasteiger charge is 2.26. The molecular weight excluding hydrogens is 440 g/mol. The van der Waals surface area contributed by atoms with Gasteiger partial charge in [0.1, 0.15) is 5.75 Å². The predicted octanol–water partition coefficient (Wildman–Crippen LogP) is 3.41. The maximum atomic E-state index is 12.6. The third-order valence-corrected chi connectivity index (χ3v) is 7.30. The van der Waals surface area contributed by atoms with E-state index in [0.717, 1.165) is 18.4 Å². The summed E-state index contributed by atoms with van der Waals surface area (Å²) < 4.78 is 31.8. The number of nitrogens with zero attached hydrogens (tertiary/aromatic N) is 1. The van der Waals surface area contributed by atoms with E-state index in [9.17, 15) is 18.0 Å². The minimum atomic E-state index is -3.45. The van der Waals surface area contributed by atoms with E-state index in [1.54, 1.807) is 36.4 Å². The molecule has 0 aliphatic carbocycles. The van der Waals surface area contributed by atoms with Gasteiger partial charge < -0.3 is 10.1 Å². The molecule has 2 aromatic rings. The van der Waals surface area contributed by atoms with Gasteiger partial charge in [-0.2, -0.15) is 4.31 Å². The summed E-state index contributed by atoms with van der Waals surface area (Å²) in [5, 5.41) is 3.17. The molecule has 1 saturated heterocycles. The highest BCUT2D eigenvalue weighted by Crippen LogP contribution is 2.24. The standard InChI is InChI=1S/C22H25ClN2O5S/c1-30-21-10-6-17(23)14-19(21)20(26)9-11-22(27)24-15-16-4-7-18(8-5-16)31(28,29)25-12-2-3-13-25/h4-8,10,14H,2-3,9,11-13,15H2,1H3,(H,24,27). The smallest absolute Gasteiger partial charge is 0.243 e. The molecule has 0 unspecified atom stereocenters. The van der Waals surface area contributed by atoms with Gasteiger partial charge in [0.2, 0.25) is 15.9 Å². The third kappa shape index (κ3) is 5.84. The van der Waals surface area contributed by atoms with Crippen LogP contribution in [0.5, 0.6) is 5.75 Å². The van der Waals surface area contributed by atoms with Gasteiger partial charge in [-0.3, -0.25) is 9.59 Å². The molecule has 3 rings (SSSR count). The lowest BCUT2D eigenvalue weighted by Crippen LogP contribution is -2.28. The Labute approximate surface area is 187 Å². The van der Waals surface area contributed by atoms with Crippen LogP contribution in [-0.4, -0.2) is 44.6 Å². The molecule has 2 aromatic carbocycles. The monoisotopic (exact) mass is 464 g/mol. The van der Waals surface area contributed by atoms with E-state index in [-0.39, 0.29) is 36.0 Å². The van der Waals surface area contributed by atoms with Crippen LogP contribution in [0, 0.1) is 0 Å². The van der Waals surface area contributed by atoms with Crippen LogP contribution in [0.2, 0.25) is 5.02 Å². The van der Waals surface area contributed by atoms with E-state index in [0.29, 0.717) is 29.4 Å². The Morgan fingerprint density at radius 3 is 2.39 bits per heavy atom. The van der Waals surface area contributed by atoms with Gasteiger partial charge in [-0.1, -0.05) is 23.7 Å². The molecule has 0 saturated carbocycles. The summed E-state index contributed by atoms with van der Waals surface area (Å²) in [6.45, 7) is 1.36. The van der Waals surface area contributed by atoms with Crippen LogP contribution in [0.1, 0.15) is 41.6 Å². The van der Waals surface area contributed by atoms with E-state index in [1.165, 1.54) is 17.5 Å². The van der Waals surface area contributed by atoms with Crippen molar-refractivity contribution in [2.45, 2.75) is 37.1 Å².